The molecule has 0 spiro atoms. The first kappa shape index (κ1) is 16.6. The van der Waals surface area contributed by atoms with Crippen LogP contribution in [0.2, 0.25) is 8.67 Å². The van der Waals surface area contributed by atoms with E-state index in [1.54, 1.807) is 17.7 Å². The molecule has 10 heteroatoms. The van der Waals surface area contributed by atoms with E-state index in [1.165, 1.54) is 11.3 Å². The van der Waals surface area contributed by atoms with Gasteiger partial charge in [-0.3, -0.25) is 9.36 Å². The van der Waals surface area contributed by atoms with Gasteiger partial charge in [0.15, 0.2) is 11.0 Å². The van der Waals surface area contributed by atoms with Crippen LogP contribution in [0.5, 0.6) is 0 Å². The summed E-state index contributed by atoms with van der Waals surface area (Å²) in [6.07, 6.45) is 0. The fourth-order valence-corrected chi connectivity index (χ4v) is 3.74. The van der Waals surface area contributed by atoms with E-state index in [4.69, 9.17) is 33.0 Å². The third-order valence-corrected chi connectivity index (χ3v) is 4.90. The molecule has 0 fully saturated rings. The number of aromatic nitrogens is 3. The number of nitrogens with zero attached hydrogens (tertiary/aromatic N) is 3. The van der Waals surface area contributed by atoms with Crippen LogP contribution in [0.1, 0.15) is 0 Å². The fraction of sp³-hybridized carbons (Fsp3) is 0.364. The molecular weight excluding hydrogens is 357 g/mol. The molecule has 0 aliphatic heterocycles. The van der Waals surface area contributed by atoms with E-state index in [9.17, 15) is 4.79 Å². The summed E-state index contributed by atoms with van der Waals surface area (Å²) in [6, 6.07) is 1.72. The summed E-state index contributed by atoms with van der Waals surface area (Å²) in [6.45, 7) is 0.936. The number of methoxy groups -OCH3 is 1. The average Bonchev–Trinajstić information content (AvgIpc) is 2.96. The van der Waals surface area contributed by atoms with Crippen LogP contribution in [0.4, 0.5) is 0 Å². The number of rotatable bonds is 7. The number of thioether (sulfide) groups is 1. The number of hydrogen-bond acceptors (Lipinski definition) is 6. The monoisotopic (exact) mass is 367 g/mol. The molecule has 2 heterocycles. The smallest absolute Gasteiger partial charge is 0.313 e. The molecule has 6 nitrogen and oxygen atoms in total. The van der Waals surface area contributed by atoms with Crippen LogP contribution >= 0.6 is 46.3 Å². The summed E-state index contributed by atoms with van der Waals surface area (Å²) < 4.78 is 7.91. The van der Waals surface area contributed by atoms with Crippen molar-refractivity contribution in [1.82, 2.24) is 14.8 Å². The molecule has 0 bridgehead atoms. The Morgan fingerprint density at radius 2 is 2.29 bits per heavy atom. The van der Waals surface area contributed by atoms with Crippen molar-refractivity contribution in [3.05, 3.63) is 14.7 Å². The lowest BCUT2D eigenvalue weighted by molar-refractivity contribution is -0.133. The predicted octanol–water partition coefficient (Wildman–Crippen LogP) is 3.14. The number of hydrogen-bond donors (Lipinski definition) is 1. The van der Waals surface area contributed by atoms with Crippen molar-refractivity contribution in [2.24, 2.45) is 0 Å². The van der Waals surface area contributed by atoms with Crippen molar-refractivity contribution < 1.29 is 14.6 Å². The van der Waals surface area contributed by atoms with Gasteiger partial charge in [-0.1, -0.05) is 35.0 Å². The van der Waals surface area contributed by atoms with Crippen LogP contribution in [-0.2, 0) is 16.1 Å². The van der Waals surface area contributed by atoms with E-state index in [1.807, 2.05) is 0 Å². The Kier molecular flexibility index (Phi) is 5.88. The summed E-state index contributed by atoms with van der Waals surface area (Å²) in [5.74, 6) is -0.462. The van der Waals surface area contributed by atoms with Crippen LogP contribution in [0, 0.1) is 0 Å². The number of ether oxygens (including phenoxy) is 1. The van der Waals surface area contributed by atoms with Gasteiger partial charge in [-0.2, -0.15) is 0 Å². The Balaban J connectivity index is 2.36. The third-order valence-electron chi connectivity index (χ3n) is 2.46. The number of halogens is 2. The highest BCUT2D eigenvalue weighted by Crippen LogP contribution is 2.38. The molecule has 0 radical (unpaired) electrons. The second-order valence-corrected chi connectivity index (χ2v) is 7.10. The van der Waals surface area contributed by atoms with E-state index < -0.39 is 5.97 Å². The normalized spacial score (nSPS) is 11.0. The molecule has 2 aromatic heterocycles. The van der Waals surface area contributed by atoms with Crippen LogP contribution in [0.3, 0.4) is 0 Å². The topological polar surface area (TPSA) is 77.2 Å². The van der Waals surface area contributed by atoms with Gasteiger partial charge >= 0.3 is 5.97 Å². The number of carboxylic acid groups (broad SMARTS) is 1. The Morgan fingerprint density at radius 1 is 1.52 bits per heavy atom. The molecular formula is C11H11Cl2N3O3S2. The van der Waals surface area contributed by atoms with Crippen molar-refractivity contribution in [3.8, 4) is 11.4 Å². The number of carbonyl (C=O) groups is 1. The van der Waals surface area contributed by atoms with Gasteiger partial charge < -0.3 is 9.84 Å². The second-order valence-electron chi connectivity index (χ2n) is 3.87. The van der Waals surface area contributed by atoms with Crippen molar-refractivity contribution in [3.63, 3.8) is 0 Å². The van der Waals surface area contributed by atoms with Gasteiger partial charge in [-0.15, -0.1) is 21.5 Å². The van der Waals surface area contributed by atoms with E-state index in [-0.39, 0.29) is 5.75 Å². The van der Waals surface area contributed by atoms with Crippen molar-refractivity contribution in [2.45, 2.75) is 11.7 Å². The first-order valence-electron chi connectivity index (χ1n) is 5.75. The van der Waals surface area contributed by atoms with E-state index >= 15 is 0 Å². The minimum absolute atomic E-state index is 0.0940. The maximum Gasteiger partial charge on any atom is 0.313 e. The minimum Gasteiger partial charge on any atom is -0.481 e. The van der Waals surface area contributed by atoms with E-state index in [0.29, 0.717) is 38.4 Å². The summed E-state index contributed by atoms with van der Waals surface area (Å²) in [4.78, 5) is 10.7. The zero-order valence-electron chi connectivity index (χ0n) is 10.9. The molecule has 0 aliphatic rings. The number of thiophene rings is 1. The molecule has 21 heavy (non-hydrogen) atoms. The molecule has 114 valence electrons. The highest BCUT2D eigenvalue weighted by Gasteiger charge is 2.19. The van der Waals surface area contributed by atoms with Crippen LogP contribution in [0.25, 0.3) is 11.4 Å². The van der Waals surface area contributed by atoms with Crippen molar-refractivity contribution >= 4 is 52.3 Å². The Morgan fingerprint density at radius 3 is 2.86 bits per heavy atom. The Labute approximate surface area is 139 Å². The highest BCUT2D eigenvalue weighted by molar-refractivity contribution is 7.99. The molecule has 0 saturated heterocycles. The summed E-state index contributed by atoms with van der Waals surface area (Å²) >= 11 is 14.4. The predicted molar refractivity (Wildman–Crippen MR) is 83.6 cm³/mol. The molecule has 2 aromatic rings. The van der Waals surface area contributed by atoms with E-state index in [0.717, 1.165) is 11.8 Å². The molecule has 1 N–H and O–H groups in total. The lowest BCUT2D eigenvalue weighted by Gasteiger charge is -2.08. The van der Waals surface area contributed by atoms with Crippen LogP contribution in [-0.4, -0.2) is 45.3 Å². The Hall–Kier alpha value is -0.800. The molecule has 0 atom stereocenters. The first-order chi connectivity index (χ1) is 10.0. The fourth-order valence-electron chi connectivity index (χ4n) is 1.60. The quantitative estimate of drug-likeness (QED) is 0.757. The van der Waals surface area contributed by atoms with Crippen LogP contribution < -0.4 is 0 Å². The SMILES string of the molecule is COCCn1c(SCC(=O)O)nnc1-c1cc(Cl)sc1Cl. The van der Waals surface area contributed by atoms with Gasteiger partial charge in [0, 0.05) is 7.11 Å². The molecule has 2 rings (SSSR count). The third kappa shape index (κ3) is 4.10. The summed E-state index contributed by atoms with van der Waals surface area (Å²) in [7, 11) is 1.59. The van der Waals surface area contributed by atoms with Crippen molar-refractivity contribution in [2.75, 3.05) is 19.5 Å². The molecule has 0 saturated carbocycles. The molecule has 0 amide bonds. The molecule has 0 aliphatic carbocycles. The largest absolute Gasteiger partial charge is 0.481 e. The second kappa shape index (κ2) is 7.46. The lowest BCUT2D eigenvalue weighted by Crippen LogP contribution is -2.08. The van der Waals surface area contributed by atoms with Gasteiger partial charge in [0.2, 0.25) is 0 Å². The lowest BCUT2D eigenvalue weighted by atomic mass is 10.3. The zero-order valence-corrected chi connectivity index (χ0v) is 14.0. The zero-order chi connectivity index (χ0) is 15.4. The number of carboxylic acids is 1. The van der Waals surface area contributed by atoms with E-state index in [2.05, 4.69) is 10.2 Å². The van der Waals surface area contributed by atoms with Crippen molar-refractivity contribution in [1.29, 1.82) is 0 Å². The summed E-state index contributed by atoms with van der Waals surface area (Å²) in [5, 5.41) is 17.4. The standard InChI is InChI=1S/C11H11Cl2N3O3S2/c1-19-3-2-16-10(6-4-7(12)21-9(6)13)14-15-11(16)20-5-8(17)18/h4H,2-3,5H2,1H3,(H,17,18). The Bertz CT molecular complexity index is 645. The first-order valence-corrected chi connectivity index (χ1v) is 8.30. The molecule has 0 unspecified atom stereocenters. The van der Waals surface area contributed by atoms with Crippen LogP contribution in [0.15, 0.2) is 11.2 Å². The van der Waals surface area contributed by atoms with Gasteiger partial charge in [-0.05, 0) is 6.07 Å². The maximum atomic E-state index is 10.7. The maximum absolute atomic E-state index is 10.7. The van der Waals surface area contributed by atoms with Gasteiger partial charge in [-0.25, -0.2) is 0 Å². The highest BCUT2D eigenvalue weighted by atomic mass is 35.5. The molecule has 0 aromatic carbocycles. The number of aliphatic carboxylic acids is 1. The minimum atomic E-state index is -0.917. The van der Waals surface area contributed by atoms with Gasteiger partial charge in [0.05, 0.1) is 28.8 Å². The van der Waals surface area contributed by atoms with Gasteiger partial charge in [0.1, 0.15) is 4.34 Å². The van der Waals surface area contributed by atoms with Gasteiger partial charge in [0.25, 0.3) is 0 Å². The summed E-state index contributed by atoms with van der Waals surface area (Å²) in [5.41, 5.74) is 0.678. The average molecular weight is 368 g/mol.